The highest BCUT2D eigenvalue weighted by Crippen LogP contribution is 2.07. The van der Waals surface area contributed by atoms with Crippen molar-refractivity contribution in [3.63, 3.8) is 0 Å². The van der Waals surface area contributed by atoms with Gasteiger partial charge in [0, 0.05) is 31.9 Å². The standard InChI is InChI=1S/C17H19N5S/c1-18-17(19-9-14-7-8-23-13-14)20-10-15-11-21-22(12-15)16-5-3-2-4-6-16/h2-8,11-13H,9-10H2,1H3,(H2,18,19,20). The molecule has 0 bridgehead atoms. The minimum absolute atomic E-state index is 0.677. The summed E-state index contributed by atoms with van der Waals surface area (Å²) < 4.78 is 1.87. The van der Waals surface area contributed by atoms with Gasteiger partial charge in [-0.1, -0.05) is 18.2 Å². The van der Waals surface area contributed by atoms with Gasteiger partial charge in [0.1, 0.15) is 0 Å². The zero-order valence-corrected chi connectivity index (χ0v) is 13.8. The molecule has 0 aliphatic heterocycles. The van der Waals surface area contributed by atoms with Crippen LogP contribution in [0.25, 0.3) is 5.69 Å². The number of benzene rings is 1. The highest BCUT2D eigenvalue weighted by atomic mass is 32.1. The van der Waals surface area contributed by atoms with Crippen LogP contribution in [0.5, 0.6) is 0 Å². The maximum absolute atomic E-state index is 4.39. The van der Waals surface area contributed by atoms with Crippen molar-refractivity contribution in [3.8, 4) is 5.69 Å². The Labute approximate surface area is 139 Å². The van der Waals surface area contributed by atoms with E-state index >= 15 is 0 Å². The lowest BCUT2D eigenvalue weighted by atomic mass is 10.3. The van der Waals surface area contributed by atoms with Gasteiger partial charge in [0.2, 0.25) is 0 Å². The molecule has 2 heterocycles. The van der Waals surface area contributed by atoms with Crippen molar-refractivity contribution >= 4 is 17.3 Å². The van der Waals surface area contributed by atoms with E-state index in [-0.39, 0.29) is 0 Å². The normalized spacial score (nSPS) is 11.4. The first-order chi connectivity index (χ1) is 11.3. The van der Waals surface area contributed by atoms with Crippen LogP contribution in [0.4, 0.5) is 0 Å². The lowest BCUT2D eigenvalue weighted by Crippen LogP contribution is -2.36. The number of nitrogens with one attached hydrogen (secondary N) is 2. The fourth-order valence-electron chi connectivity index (χ4n) is 2.16. The molecule has 6 heteroatoms. The van der Waals surface area contributed by atoms with E-state index in [2.05, 4.69) is 37.6 Å². The van der Waals surface area contributed by atoms with Crippen LogP contribution in [0.2, 0.25) is 0 Å². The molecular weight excluding hydrogens is 306 g/mol. The van der Waals surface area contributed by atoms with Crippen LogP contribution in [0.3, 0.4) is 0 Å². The maximum atomic E-state index is 4.39. The van der Waals surface area contributed by atoms with Crippen molar-refractivity contribution in [1.82, 2.24) is 20.4 Å². The third-order valence-corrected chi connectivity index (χ3v) is 4.11. The minimum atomic E-state index is 0.677. The molecule has 3 aromatic rings. The second kappa shape index (κ2) is 7.60. The van der Waals surface area contributed by atoms with E-state index in [9.17, 15) is 0 Å². The number of hydrogen-bond acceptors (Lipinski definition) is 3. The van der Waals surface area contributed by atoms with E-state index in [0.717, 1.165) is 23.8 Å². The Kier molecular flexibility index (Phi) is 5.06. The van der Waals surface area contributed by atoms with Gasteiger partial charge in [-0.2, -0.15) is 16.4 Å². The molecule has 5 nitrogen and oxygen atoms in total. The van der Waals surface area contributed by atoms with Gasteiger partial charge < -0.3 is 10.6 Å². The molecule has 1 aromatic carbocycles. The molecule has 0 atom stereocenters. The quantitative estimate of drug-likeness (QED) is 0.560. The van der Waals surface area contributed by atoms with Crippen molar-refractivity contribution in [3.05, 3.63) is 70.7 Å². The van der Waals surface area contributed by atoms with Gasteiger partial charge in [0.05, 0.1) is 11.9 Å². The van der Waals surface area contributed by atoms with E-state index in [1.54, 1.807) is 18.4 Å². The van der Waals surface area contributed by atoms with Gasteiger partial charge in [-0.05, 0) is 34.5 Å². The average Bonchev–Trinajstić information content (AvgIpc) is 3.27. The summed E-state index contributed by atoms with van der Waals surface area (Å²) in [5.41, 5.74) is 3.42. The summed E-state index contributed by atoms with van der Waals surface area (Å²) in [5.74, 6) is 0.781. The minimum Gasteiger partial charge on any atom is -0.352 e. The van der Waals surface area contributed by atoms with Gasteiger partial charge in [-0.3, -0.25) is 4.99 Å². The predicted molar refractivity (Wildman–Crippen MR) is 94.9 cm³/mol. The molecule has 0 spiro atoms. The van der Waals surface area contributed by atoms with Crippen LogP contribution in [-0.2, 0) is 13.1 Å². The molecule has 0 saturated heterocycles. The molecule has 2 aromatic heterocycles. The summed E-state index contributed by atoms with van der Waals surface area (Å²) in [4.78, 5) is 4.24. The largest absolute Gasteiger partial charge is 0.352 e. The van der Waals surface area contributed by atoms with Crippen molar-refractivity contribution in [2.75, 3.05) is 7.05 Å². The number of rotatable bonds is 5. The number of para-hydroxylation sites is 1. The third kappa shape index (κ3) is 4.20. The molecule has 0 radical (unpaired) electrons. The summed E-state index contributed by atoms with van der Waals surface area (Å²) in [7, 11) is 1.77. The lowest BCUT2D eigenvalue weighted by molar-refractivity contribution is 0.810. The summed E-state index contributed by atoms with van der Waals surface area (Å²) >= 11 is 1.70. The number of guanidine groups is 1. The van der Waals surface area contributed by atoms with Gasteiger partial charge >= 0.3 is 0 Å². The first-order valence-corrected chi connectivity index (χ1v) is 8.34. The van der Waals surface area contributed by atoms with Crippen molar-refractivity contribution < 1.29 is 0 Å². The van der Waals surface area contributed by atoms with Crippen LogP contribution < -0.4 is 10.6 Å². The van der Waals surface area contributed by atoms with Crippen molar-refractivity contribution in [1.29, 1.82) is 0 Å². The van der Waals surface area contributed by atoms with E-state index < -0.39 is 0 Å². The number of nitrogens with zero attached hydrogens (tertiary/aromatic N) is 3. The molecule has 0 unspecified atom stereocenters. The molecular formula is C17H19N5S. The number of aliphatic imine (C=N–C) groups is 1. The molecule has 2 N–H and O–H groups in total. The van der Waals surface area contributed by atoms with Gasteiger partial charge in [-0.25, -0.2) is 4.68 Å². The van der Waals surface area contributed by atoms with E-state index in [0.29, 0.717) is 6.54 Å². The van der Waals surface area contributed by atoms with Gasteiger partial charge in [-0.15, -0.1) is 0 Å². The highest BCUT2D eigenvalue weighted by molar-refractivity contribution is 7.07. The second-order valence-corrected chi connectivity index (χ2v) is 5.82. The summed E-state index contributed by atoms with van der Waals surface area (Å²) in [6.07, 6.45) is 3.89. The maximum Gasteiger partial charge on any atom is 0.191 e. The molecule has 0 fully saturated rings. The molecule has 118 valence electrons. The fourth-order valence-corrected chi connectivity index (χ4v) is 2.83. The first kappa shape index (κ1) is 15.3. The summed E-state index contributed by atoms with van der Waals surface area (Å²) in [6.45, 7) is 1.45. The molecule has 3 rings (SSSR count). The van der Waals surface area contributed by atoms with Crippen molar-refractivity contribution in [2.24, 2.45) is 4.99 Å². The zero-order valence-electron chi connectivity index (χ0n) is 12.9. The fraction of sp³-hybridized carbons (Fsp3) is 0.176. The van der Waals surface area contributed by atoms with Crippen LogP contribution >= 0.6 is 11.3 Å². The first-order valence-electron chi connectivity index (χ1n) is 7.40. The second-order valence-electron chi connectivity index (χ2n) is 5.04. The molecule has 0 amide bonds. The Morgan fingerprint density at radius 1 is 1.13 bits per heavy atom. The van der Waals surface area contributed by atoms with E-state index in [4.69, 9.17) is 0 Å². The van der Waals surface area contributed by atoms with Gasteiger partial charge in [0.15, 0.2) is 5.96 Å². The lowest BCUT2D eigenvalue weighted by Gasteiger charge is -2.10. The van der Waals surface area contributed by atoms with Crippen LogP contribution in [0.15, 0.2) is 64.5 Å². The highest BCUT2D eigenvalue weighted by Gasteiger charge is 2.03. The molecule has 23 heavy (non-hydrogen) atoms. The summed E-state index contributed by atoms with van der Waals surface area (Å²) in [6, 6.07) is 12.2. The van der Waals surface area contributed by atoms with E-state index in [1.807, 2.05) is 47.4 Å². The Morgan fingerprint density at radius 2 is 1.91 bits per heavy atom. The zero-order chi connectivity index (χ0) is 15.9. The Morgan fingerprint density at radius 3 is 2.61 bits per heavy atom. The predicted octanol–water partition coefficient (Wildman–Crippen LogP) is 2.80. The average molecular weight is 325 g/mol. The monoisotopic (exact) mass is 325 g/mol. The van der Waals surface area contributed by atoms with Crippen LogP contribution in [-0.4, -0.2) is 22.8 Å². The van der Waals surface area contributed by atoms with Crippen LogP contribution in [0, 0.1) is 0 Å². The molecule has 0 saturated carbocycles. The van der Waals surface area contributed by atoms with Crippen LogP contribution in [0.1, 0.15) is 11.1 Å². The molecule has 0 aliphatic rings. The van der Waals surface area contributed by atoms with Gasteiger partial charge in [0.25, 0.3) is 0 Å². The third-order valence-electron chi connectivity index (χ3n) is 3.38. The smallest absolute Gasteiger partial charge is 0.191 e. The Hall–Kier alpha value is -2.60. The number of hydrogen-bond donors (Lipinski definition) is 2. The Balaban J connectivity index is 1.54. The topological polar surface area (TPSA) is 54.2 Å². The number of thiophene rings is 1. The molecule has 0 aliphatic carbocycles. The van der Waals surface area contributed by atoms with E-state index in [1.165, 1.54) is 5.56 Å². The SMILES string of the molecule is CN=C(NCc1ccsc1)NCc1cnn(-c2ccccc2)c1. The summed E-state index contributed by atoms with van der Waals surface area (Å²) in [5, 5.41) is 15.2. The number of aromatic nitrogens is 2. The Bertz CT molecular complexity index is 746. The van der Waals surface area contributed by atoms with Crippen molar-refractivity contribution in [2.45, 2.75) is 13.1 Å².